The van der Waals surface area contributed by atoms with Crippen LogP contribution in [0.2, 0.25) is 0 Å². The van der Waals surface area contributed by atoms with E-state index in [4.69, 9.17) is 9.47 Å². The maximum Gasteiger partial charge on any atom is 0.255 e. The smallest absolute Gasteiger partial charge is 0.255 e. The first kappa shape index (κ1) is 18.1. The van der Waals surface area contributed by atoms with E-state index in [0.717, 1.165) is 24.5 Å². The van der Waals surface area contributed by atoms with E-state index in [0.29, 0.717) is 17.1 Å². The molecule has 0 atom stereocenters. The molecule has 2 aromatic rings. The summed E-state index contributed by atoms with van der Waals surface area (Å²) in [6, 6.07) is 13.2. The minimum absolute atomic E-state index is 0.176. The van der Waals surface area contributed by atoms with Gasteiger partial charge in [-0.15, -0.1) is 0 Å². The van der Waals surface area contributed by atoms with Gasteiger partial charge in [-0.3, -0.25) is 4.79 Å². The van der Waals surface area contributed by atoms with Gasteiger partial charge in [0, 0.05) is 24.7 Å². The van der Waals surface area contributed by atoms with Crippen molar-refractivity contribution < 1.29 is 14.3 Å². The average molecular weight is 354 g/mol. The molecule has 1 fully saturated rings. The standard InChI is InChI=1S/C21H26N2O3/c1-25-17-13-16(14-18(15-17)26-2)21(24)22-19-9-5-6-10-20(19)23-11-7-3-4-8-12-23/h5-6,9-10,13-15H,3-4,7-8,11-12H2,1-2H3,(H,22,24). The van der Waals surface area contributed by atoms with Crippen molar-refractivity contribution in [1.29, 1.82) is 0 Å². The van der Waals surface area contributed by atoms with Crippen molar-refractivity contribution in [3.05, 3.63) is 48.0 Å². The molecular formula is C21H26N2O3. The molecule has 1 saturated heterocycles. The van der Waals surface area contributed by atoms with Crippen LogP contribution in [0.1, 0.15) is 36.0 Å². The van der Waals surface area contributed by atoms with Gasteiger partial charge in [0.2, 0.25) is 0 Å². The van der Waals surface area contributed by atoms with Crippen molar-refractivity contribution in [2.24, 2.45) is 0 Å². The van der Waals surface area contributed by atoms with E-state index in [-0.39, 0.29) is 5.91 Å². The van der Waals surface area contributed by atoms with Crippen LogP contribution in [0, 0.1) is 0 Å². The molecule has 26 heavy (non-hydrogen) atoms. The number of para-hydroxylation sites is 2. The van der Waals surface area contributed by atoms with E-state index in [9.17, 15) is 4.79 Å². The Morgan fingerprint density at radius 3 is 2.15 bits per heavy atom. The fraction of sp³-hybridized carbons (Fsp3) is 0.381. The fourth-order valence-electron chi connectivity index (χ4n) is 3.30. The second kappa shape index (κ2) is 8.61. The summed E-state index contributed by atoms with van der Waals surface area (Å²) in [4.78, 5) is 15.2. The van der Waals surface area contributed by atoms with Gasteiger partial charge in [0.15, 0.2) is 0 Å². The quantitative estimate of drug-likeness (QED) is 0.868. The number of hydrogen-bond donors (Lipinski definition) is 1. The van der Waals surface area contributed by atoms with E-state index >= 15 is 0 Å². The summed E-state index contributed by atoms with van der Waals surface area (Å²) in [7, 11) is 3.15. The molecule has 3 rings (SSSR count). The number of carbonyl (C=O) groups is 1. The summed E-state index contributed by atoms with van der Waals surface area (Å²) in [6.45, 7) is 2.06. The van der Waals surface area contributed by atoms with Gasteiger partial charge in [-0.1, -0.05) is 25.0 Å². The number of amides is 1. The van der Waals surface area contributed by atoms with Gasteiger partial charge in [-0.2, -0.15) is 0 Å². The van der Waals surface area contributed by atoms with Crippen molar-refractivity contribution >= 4 is 17.3 Å². The van der Waals surface area contributed by atoms with E-state index in [2.05, 4.69) is 16.3 Å². The number of hydrogen-bond acceptors (Lipinski definition) is 4. The van der Waals surface area contributed by atoms with Crippen LogP contribution in [0.5, 0.6) is 11.5 Å². The molecule has 1 amide bonds. The highest BCUT2D eigenvalue weighted by atomic mass is 16.5. The van der Waals surface area contributed by atoms with Gasteiger partial charge in [0.25, 0.3) is 5.91 Å². The Balaban J connectivity index is 1.84. The normalized spacial score (nSPS) is 14.5. The Morgan fingerprint density at radius 2 is 1.54 bits per heavy atom. The zero-order valence-corrected chi connectivity index (χ0v) is 15.5. The largest absolute Gasteiger partial charge is 0.497 e. The molecule has 0 spiro atoms. The summed E-state index contributed by atoms with van der Waals surface area (Å²) in [5.74, 6) is 1.01. The molecule has 138 valence electrons. The van der Waals surface area contributed by atoms with Crippen LogP contribution in [0.3, 0.4) is 0 Å². The van der Waals surface area contributed by atoms with Crippen molar-refractivity contribution in [2.45, 2.75) is 25.7 Å². The summed E-state index contributed by atoms with van der Waals surface area (Å²) < 4.78 is 10.5. The van der Waals surface area contributed by atoms with E-state index < -0.39 is 0 Å². The van der Waals surface area contributed by atoms with Gasteiger partial charge in [-0.05, 0) is 37.1 Å². The zero-order chi connectivity index (χ0) is 18.4. The Labute approximate surface area is 154 Å². The lowest BCUT2D eigenvalue weighted by molar-refractivity contribution is 0.102. The Kier molecular flexibility index (Phi) is 6.00. The number of carbonyl (C=O) groups excluding carboxylic acids is 1. The molecule has 0 saturated carbocycles. The molecule has 0 unspecified atom stereocenters. The van der Waals surface area contributed by atoms with Crippen molar-refractivity contribution in [3.63, 3.8) is 0 Å². The zero-order valence-electron chi connectivity index (χ0n) is 15.5. The lowest BCUT2D eigenvalue weighted by Gasteiger charge is -2.25. The number of methoxy groups -OCH3 is 2. The number of benzene rings is 2. The lowest BCUT2D eigenvalue weighted by Crippen LogP contribution is -2.25. The van der Waals surface area contributed by atoms with Crippen molar-refractivity contribution in [1.82, 2.24) is 0 Å². The summed E-state index contributed by atoms with van der Waals surface area (Å²) in [5, 5.41) is 3.06. The van der Waals surface area contributed by atoms with Crippen molar-refractivity contribution in [2.75, 3.05) is 37.5 Å². The molecule has 1 aliphatic heterocycles. The minimum atomic E-state index is -0.176. The molecular weight excluding hydrogens is 328 g/mol. The van der Waals surface area contributed by atoms with Crippen LogP contribution >= 0.6 is 0 Å². The van der Waals surface area contributed by atoms with Crippen LogP contribution in [-0.2, 0) is 0 Å². The second-order valence-electron chi connectivity index (χ2n) is 6.47. The highest BCUT2D eigenvalue weighted by molar-refractivity contribution is 6.06. The number of anilines is 2. The molecule has 1 aliphatic rings. The lowest BCUT2D eigenvalue weighted by atomic mass is 10.1. The van der Waals surface area contributed by atoms with Crippen LogP contribution in [0.25, 0.3) is 0 Å². The predicted molar refractivity (Wildman–Crippen MR) is 105 cm³/mol. The molecule has 1 heterocycles. The number of ether oxygens (including phenoxy) is 2. The van der Waals surface area contributed by atoms with Gasteiger partial charge < -0.3 is 19.7 Å². The summed E-state index contributed by atoms with van der Waals surface area (Å²) >= 11 is 0. The van der Waals surface area contributed by atoms with Crippen LogP contribution in [-0.4, -0.2) is 33.2 Å². The second-order valence-corrected chi connectivity index (χ2v) is 6.47. The first-order valence-corrected chi connectivity index (χ1v) is 9.09. The maximum atomic E-state index is 12.8. The Hall–Kier alpha value is -2.69. The van der Waals surface area contributed by atoms with E-state index in [1.165, 1.54) is 25.7 Å². The molecule has 0 radical (unpaired) electrons. The third-order valence-corrected chi connectivity index (χ3v) is 4.71. The minimum Gasteiger partial charge on any atom is -0.497 e. The fourth-order valence-corrected chi connectivity index (χ4v) is 3.30. The molecule has 0 aromatic heterocycles. The third-order valence-electron chi connectivity index (χ3n) is 4.71. The highest BCUT2D eigenvalue weighted by Gasteiger charge is 2.16. The molecule has 5 nitrogen and oxygen atoms in total. The van der Waals surface area contributed by atoms with Crippen LogP contribution < -0.4 is 19.7 Å². The summed E-state index contributed by atoms with van der Waals surface area (Å²) in [5.41, 5.74) is 2.42. The number of nitrogens with zero attached hydrogens (tertiary/aromatic N) is 1. The van der Waals surface area contributed by atoms with Gasteiger partial charge >= 0.3 is 0 Å². The highest BCUT2D eigenvalue weighted by Crippen LogP contribution is 2.29. The Bertz CT molecular complexity index is 730. The third kappa shape index (κ3) is 4.28. The van der Waals surface area contributed by atoms with Crippen LogP contribution in [0.15, 0.2) is 42.5 Å². The average Bonchev–Trinajstić information content (AvgIpc) is 2.97. The van der Waals surface area contributed by atoms with Gasteiger partial charge in [0.1, 0.15) is 11.5 Å². The predicted octanol–water partition coefficient (Wildman–Crippen LogP) is 4.34. The van der Waals surface area contributed by atoms with Crippen molar-refractivity contribution in [3.8, 4) is 11.5 Å². The monoisotopic (exact) mass is 354 g/mol. The molecule has 2 aromatic carbocycles. The molecule has 1 N–H and O–H groups in total. The topological polar surface area (TPSA) is 50.8 Å². The SMILES string of the molecule is COc1cc(OC)cc(C(=O)Nc2ccccc2N2CCCCCC2)c1. The van der Waals surface area contributed by atoms with Crippen LogP contribution in [0.4, 0.5) is 11.4 Å². The number of nitrogens with one attached hydrogen (secondary N) is 1. The molecule has 0 bridgehead atoms. The molecule has 0 aliphatic carbocycles. The van der Waals surface area contributed by atoms with Gasteiger partial charge in [0.05, 0.1) is 25.6 Å². The Morgan fingerprint density at radius 1 is 0.923 bits per heavy atom. The van der Waals surface area contributed by atoms with Gasteiger partial charge in [-0.25, -0.2) is 0 Å². The summed E-state index contributed by atoms with van der Waals surface area (Å²) in [6.07, 6.45) is 4.92. The maximum absolute atomic E-state index is 12.8. The molecule has 5 heteroatoms. The van der Waals surface area contributed by atoms with E-state index in [1.54, 1.807) is 32.4 Å². The first-order valence-electron chi connectivity index (χ1n) is 9.09. The van der Waals surface area contributed by atoms with E-state index in [1.807, 2.05) is 18.2 Å². The number of rotatable bonds is 5. The first-order chi connectivity index (χ1) is 12.7.